The van der Waals surface area contributed by atoms with Crippen molar-refractivity contribution < 1.29 is 43.8 Å². The number of aliphatic hydroxyl groups excluding tert-OH is 3. The third-order valence-corrected chi connectivity index (χ3v) is 6.51. The van der Waals surface area contributed by atoms with Crippen LogP contribution in [0.1, 0.15) is 5.56 Å². The molecular weight excluding hydrogens is 563 g/mol. The summed E-state index contributed by atoms with van der Waals surface area (Å²) in [6.07, 6.45) is -9.12. The molecule has 1 aromatic heterocycles. The van der Waals surface area contributed by atoms with Gasteiger partial charge in [-0.15, -0.1) is 0 Å². The van der Waals surface area contributed by atoms with E-state index >= 15 is 0 Å². The number of halogens is 2. The van der Waals surface area contributed by atoms with Gasteiger partial charge in [-0.05, 0) is 54.1 Å². The smallest absolute Gasteiger partial charge is 0.335 e. The number of hydrogen-bond donors (Lipinski definition) is 6. The summed E-state index contributed by atoms with van der Waals surface area (Å²) in [5.74, 6) is -1.37. The van der Waals surface area contributed by atoms with E-state index in [1.54, 1.807) is 48.5 Å². The van der Waals surface area contributed by atoms with Crippen LogP contribution in [-0.2, 0) is 16.1 Å². The molecule has 0 bridgehead atoms. The molecule has 5 atom stereocenters. The molecule has 7 N–H and O–H groups in total. The van der Waals surface area contributed by atoms with E-state index in [0.29, 0.717) is 33.6 Å². The van der Waals surface area contributed by atoms with E-state index in [9.17, 15) is 29.6 Å². The zero-order valence-electron chi connectivity index (χ0n) is 21.0. The first-order valence-electron chi connectivity index (χ1n) is 12.2. The molecule has 1 aliphatic rings. The Bertz CT molecular complexity index is 1590. The van der Waals surface area contributed by atoms with Crippen molar-refractivity contribution in [3.63, 3.8) is 0 Å². The van der Waals surface area contributed by atoms with Crippen LogP contribution in [0.2, 0.25) is 5.02 Å². The van der Waals surface area contributed by atoms with E-state index in [0.717, 1.165) is 0 Å². The Morgan fingerprint density at radius 2 is 1.85 bits per heavy atom. The Balaban J connectivity index is 1.39. The van der Waals surface area contributed by atoms with E-state index < -0.39 is 36.7 Å². The molecular formula is C27H24ClFN4O8. The highest BCUT2D eigenvalue weighted by atomic mass is 35.5. The average molecular weight is 587 g/mol. The molecule has 0 unspecified atom stereocenters. The number of nitrogens with two attached hydrogens (primary N) is 1. The fourth-order valence-corrected chi connectivity index (χ4v) is 4.38. The molecule has 1 fully saturated rings. The van der Waals surface area contributed by atoms with Gasteiger partial charge in [0, 0.05) is 16.8 Å². The third-order valence-electron chi connectivity index (χ3n) is 6.21. The standard InChI is InChI=1S/C27H24ClFN4O8/c28-17-10-15(5-7-19(17)39-11-12-2-1-3-13(29)8-12)31-24-16-9-14(30)4-6-18(16)32-27(33-24)41-26-22(36)20(34)21(35)23(40-26)25(37)38/h1-10,20-23,26,34-36H,11,30H2,(H,37,38)(H,31,32,33)/t20-,21-,22+,23-,26-/m0/s1. The number of carboxylic acid groups (broad SMARTS) is 1. The second-order valence-electron chi connectivity index (χ2n) is 9.17. The van der Waals surface area contributed by atoms with Gasteiger partial charge in [0.2, 0.25) is 6.29 Å². The van der Waals surface area contributed by atoms with E-state index in [1.807, 2.05) is 0 Å². The zero-order valence-corrected chi connectivity index (χ0v) is 21.8. The summed E-state index contributed by atoms with van der Waals surface area (Å²) < 4.78 is 29.9. The molecule has 0 aliphatic carbocycles. The lowest BCUT2D eigenvalue weighted by Gasteiger charge is -2.37. The van der Waals surface area contributed by atoms with Crippen LogP contribution in [0, 0.1) is 5.82 Å². The summed E-state index contributed by atoms with van der Waals surface area (Å²) >= 11 is 6.42. The van der Waals surface area contributed by atoms with Gasteiger partial charge < -0.3 is 45.7 Å². The molecule has 3 aromatic carbocycles. The Morgan fingerprint density at radius 1 is 1.05 bits per heavy atom. The highest BCUT2D eigenvalue weighted by molar-refractivity contribution is 6.32. The first-order chi connectivity index (χ1) is 19.6. The summed E-state index contributed by atoms with van der Waals surface area (Å²) in [6.45, 7) is 0.102. The van der Waals surface area contributed by atoms with Crippen molar-refractivity contribution in [2.24, 2.45) is 0 Å². The van der Waals surface area contributed by atoms with Crippen molar-refractivity contribution in [2.45, 2.75) is 37.3 Å². The largest absolute Gasteiger partial charge is 0.487 e. The van der Waals surface area contributed by atoms with Gasteiger partial charge in [-0.2, -0.15) is 9.97 Å². The number of aliphatic carboxylic acids is 1. The van der Waals surface area contributed by atoms with E-state index in [2.05, 4.69) is 15.3 Å². The number of carboxylic acids is 1. The summed E-state index contributed by atoms with van der Waals surface area (Å²) in [7, 11) is 0. The van der Waals surface area contributed by atoms with Gasteiger partial charge >= 0.3 is 12.0 Å². The molecule has 0 spiro atoms. The third kappa shape index (κ3) is 6.24. The molecule has 214 valence electrons. The Morgan fingerprint density at radius 3 is 2.59 bits per heavy atom. The maximum atomic E-state index is 13.4. The van der Waals surface area contributed by atoms with E-state index in [1.165, 1.54) is 12.1 Å². The number of benzene rings is 3. The van der Waals surface area contributed by atoms with Crippen LogP contribution in [0.3, 0.4) is 0 Å². The second kappa shape index (κ2) is 11.7. The Hall–Kier alpha value is -4.27. The average Bonchev–Trinajstić information content (AvgIpc) is 2.93. The number of hydrogen-bond acceptors (Lipinski definition) is 11. The molecule has 4 aromatic rings. The lowest BCUT2D eigenvalue weighted by Crippen LogP contribution is -2.61. The number of nitrogens with one attached hydrogen (secondary N) is 1. The number of nitrogens with zero attached hydrogens (tertiary/aromatic N) is 2. The molecule has 1 aliphatic heterocycles. The number of fused-ring (bicyclic) bond motifs is 1. The van der Waals surface area contributed by atoms with Gasteiger partial charge in [0.05, 0.1) is 10.5 Å². The molecule has 0 amide bonds. The summed E-state index contributed by atoms with van der Waals surface area (Å²) in [5.41, 5.74) is 7.87. The number of aliphatic hydroxyl groups is 3. The SMILES string of the molecule is Nc1ccc2nc(O[C@@H]3O[C@H](C(=O)O)[C@@H](O)[C@H](O)[C@H]3O)nc(Nc3ccc(OCc4cccc(F)c4)c(Cl)c3)c2c1. The first kappa shape index (κ1) is 28.3. The van der Waals surface area contributed by atoms with Crippen molar-refractivity contribution in [1.29, 1.82) is 0 Å². The van der Waals surface area contributed by atoms with Crippen LogP contribution in [-0.4, -0.2) is 67.1 Å². The second-order valence-corrected chi connectivity index (χ2v) is 9.58. The first-order valence-corrected chi connectivity index (χ1v) is 12.6. The fourth-order valence-electron chi connectivity index (χ4n) is 4.15. The summed E-state index contributed by atoms with van der Waals surface area (Å²) in [5, 5.41) is 43.5. The molecule has 14 heteroatoms. The molecule has 12 nitrogen and oxygen atoms in total. The van der Waals surface area contributed by atoms with Crippen LogP contribution in [0.25, 0.3) is 10.9 Å². The number of rotatable bonds is 8. The number of aromatic nitrogens is 2. The van der Waals surface area contributed by atoms with Crippen LogP contribution in [0.5, 0.6) is 11.8 Å². The molecule has 41 heavy (non-hydrogen) atoms. The van der Waals surface area contributed by atoms with Crippen LogP contribution in [0.15, 0.2) is 60.7 Å². The molecule has 0 saturated carbocycles. The van der Waals surface area contributed by atoms with Crippen molar-refractivity contribution in [1.82, 2.24) is 9.97 Å². The van der Waals surface area contributed by atoms with Gasteiger partial charge in [0.25, 0.3) is 0 Å². The van der Waals surface area contributed by atoms with Crippen molar-refractivity contribution in [3.05, 3.63) is 77.1 Å². The maximum Gasteiger partial charge on any atom is 0.335 e. The Kier molecular flexibility index (Phi) is 8.06. The zero-order chi connectivity index (χ0) is 29.3. The van der Waals surface area contributed by atoms with E-state index in [-0.39, 0.29) is 29.3 Å². The molecule has 2 heterocycles. The summed E-state index contributed by atoms with van der Waals surface area (Å²) in [4.78, 5) is 20.0. The summed E-state index contributed by atoms with van der Waals surface area (Å²) in [6, 6.07) is 15.3. The number of nitrogen functional groups attached to an aromatic ring is 1. The number of ether oxygens (including phenoxy) is 3. The lowest BCUT2D eigenvalue weighted by molar-refractivity contribution is -0.272. The van der Waals surface area contributed by atoms with E-state index in [4.69, 9.17) is 31.5 Å². The maximum absolute atomic E-state index is 13.4. The van der Waals surface area contributed by atoms with Gasteiger partial charge in [-0.1, -0.05) is 23.7 Å². The normalized spacial score (nSPS) is 22.3. The van der Waals surface area contributed by atoms with Gasteiger partial charge in [0.1, 0.15) is 42.3 Å². The highest BCUT2D eigenvalue weighted by Crippen LogP contribution is 2.33. The van der Waals surface area contributed by atoms with Crippen molar-refractivity contribution in [2.75, 3.05) is 11.1 Å². The fraction of sp³-hybridized carbons (Fsp3) is 0.222. The van der Waals surface area contributed by atoms with Gasteiger partial charge in [-0.25, -0.2) is 9.18 Å². The predicted molar refractivity (Wildman–Crippen MR) is 144 cm³/mol. The minimum absolute atomic E-state index is 0.102. The van der Waals surface area contributed by atoms with Crippen molar-refractivity contribution in [3.8, 4) is 11.8 Å². The topological polar surface area (TPSA) is 190 Å². The molecule has 0 radical (unpaired) electrons. The molecule has 1 saturated heterocycles. The monoisotopic (exact) mass is 586 g/mol. The van der Waals surface area contributed by atoms with Gasteiger partial charge in [0.15, 0.2) is 6.10 Å². The predicted octanol–water partition coefficient (Wildman–Crippen LogP) is 2.60. The number of anilines is 3. The van der Waals surface area contributed by atoms with Gasteiger partial charge in [-0.3, -0.25) is 0 Å². The molecule has 5 rings (SSSR count). The van der Waals surface area contributed by atoms with Crippen LogP contribution in [0.4, 0.5) is 21.6 Å². The Labute approximate surface area is 236 Å². The number of carbonyl (C=O) groups is 1. The van der Waals surface area contributed by atoms with Crippen LogP contribution >= 0.6 is 11.6 Å². The minimum Gasteiger partial charge on any atom is -0.487 e. The van der Waals surface area contributed by atoms with Crippen LogP contribution < -0.4 is 20.5 Å². The quantitative estimate of drug-likeness (QED) is 0.166. The minimum atomic E-state index is -1.88. The highest BCUT2D eigenvalue weighted by Gasteiger charge is 2.48. The van der Waals surface area contributed by atoms with Crippen molar-refractivity contribution >= 4 is 45.7 Å². The lowest BCUT2D eigenvalue weighted by atomic mass is 9.99.